The Bertz CT molecular complexity index is 1500. The molecule has 12 heteroatoms. The van der Waals surface area contributed by atoms with Crippen molar-refractivity contribution in [3.05, 3.63) is 95.7 Å². The van der Waals surface area contributed by atoms with Crippen molar-refractivity contribution in [2.24, 2.45) is 5.92 Å². The van der Waals surface area contributed by atoms with Crippen LogP contribution in [0.15, 0.2) is 78.9 Å². The molecule has 3 aromatic rings. The normalized spacial score (nSPS) is 16.3. The Morgan fingerprint density at radius 1 is 1.02 bits per heavy atom. The van der Waals surface area contributed by atoms with Gasteiger partial charge in [-0.1, -0.05) is 54.6 Å². The molecular weight excluding hydrogens is 577 g/mol. The predicted molar refractivity (Wildman–Crippen MR) is 156 cm³/mol. The van der Waals surface area contributed by atoms with Crippen molar-refractivity contribution in [2.45, 2.75) is 44.4 Å². The molecule has 0 aliphatic carbocycles. The molecule has 1 fully saturated rings. The fourth-order valence-corrected chi connectivity index (χ4v) is 4.98. The zero-order chi connectivity index (χ0) is 31.7. The maximum atomic E-state index is 13.6. The zero-order valence-corrected chi connectivity index (χ0v) is 23.9. The molecule has 3 atom stereocenters. The van der Waals surface area contributed by atoms with Crippen LogP contribution >= 0.6 is 0 Å². The lowest BCUT2D eigenvalue weighted by Gasteiger charge is -2.23. The molecular formula is C32H33F3N4O5. The van der Waals surface area contributed by atoms with Gasteiger partial charge in [-0.25, -0.2) is 4.79 Å². The number of H-pyrrole nitrogens is 1. The smallest absolute Gasteiger partial charge is 0.417 e. The Morgan fingerprint density at radius 3 is 2.43 bits per heavy atom. The zero-order valence-electron chi connectivity index (χ0n) is 23.9. The van der Waals surface area contributed by atoms with Crippen molar-refractivity contribution in [3.63, 3.8) is 0 Å². The summed E-state index contributed by atoms with van der Waals surface area (Å²) < 4.78 is 45.6. The van der Waals surface area contributed by atoms with E-state index in [0.29, 0.717) is 13.0 Å². The number of benzene rings is 2. The number of rotatable bonds is 12. The first-order valence-corrected chi connectivity index (χ1v) is 14.2. The number of aromatic amines is 1. The van der Waals surface area contributed by atoms with E-state index in [4.69, 9.17) is 4.74 Å². The van der Waals surface area contributed by atoms with E-state index in [1.807, 2.05) is 0 Å². The van der Waals surface area contributed by atoms with Crippen LogP contribution < -0.4 is 16.0 Å². The van der Waals surface area contributed by atoms with Crippen LogP contribution in [-0.2, 0) is 31.7 Å². The van der Waals surface area contributed by atoms with Gasteiger partial charge in [0.15, 0.2) is 0 Å². The molecule has 3 amide bonds. The second-order valence-electron chi connectivity index (χ2n) is 10.3. The summed E-state index contributed by atoms with van der Waals surface area (Å²) in [7, 11) is 0. The standard InChI is InChI=1S/C32H33F3N4O5/c1-2-44-28(40)15-12-22(19-21-16-17-36-29(21)41)37-31(43)27(18-20-8-4-3-5-9-20)39-30(42)26-14-13-25(38-26)23-10-6-7-11-24(23)32(33,34)35/h3-15,21-22,27,38H,2,16-19H2,1H3,(H,36,41)(H,37,43)(H,39,42)/b15-12+/t21-,22+,27-/m0/s1. The first-order valence-electron chi connectivity index (χ1n) is 14.2. The predicted octanol–water partition coefficient (Wildman–Crippen LogP) is 4.17. The Morgan fingerprint density at radius 2 is 1.75 bits per heavy atom. The number of hydrogen-bond acceptors (Lipinski definition) is 5. The quantitative estimate of drug-likeness (QED) is 0.181. The van der Waals surface area contributed by atoms with Crippen molar-refractivity contribution in [3.8, 4) is 11.3 Å². The van der Waals surface area contributed by atoms with E-state index in [1.165, 1.54) is 42.5 Å². The summed E-state index contributed by atoms with van der Waals surface area (Å²) in [6, 6.07) is 14.8. The monoisotopic (exact) mass is 610 g/mol. The summed E-state index contributed by atoms with van der Waals surface area (Å²) >= 11 is 0. The van der Waals surface area contributed by atoms with Crippen LogP contribution in [0.3, 0.4) is 0 Å². The van der Waals surface area contributed by atoms with Crippen molar-refractivity contribution in [1.82, 2.24) is 20.9 Å². The molecule has 232 valence electrons. The molecule has 0 spiro atoms. The van der Waals surface area contributed by atoms with Crippen LogP contribution in [0.4, 0.5) is 13.2 Å². The van der Waals surface area contributed by atoms with Gasteiger partial charge in [0.1, 0.15) is 11.7 Å². The first kappa shape index (κ1) is 32.1. The lowest BCUT2D eigenvalue weighted by Crippen LogP contribution is -2.51. The van der Waals surface area contributed by atoms with Crippen LogP contribution in [0, 0.1) is 5.92 Å². The number of ether oxygens (including phenoxy) is 1. The van der Waals surface area contributed by atoms with Crippen molar-refractivity contribution >= 4 is 23.7 Å². The number of alkyl halides is 3. The Labute approximate surface area is 252 Å². The first-order chi connectivity index (χ1) is 21.0. The number of carbonyl (C=O) groups is 4. The third kappa shape index (κ3) is 8.59. The number of amides is 3. The van der Waals surface area contributed by atoms with Crippen molar-refractivity contribution in [2.75, 3.05) is 13.2 Å². The molecule has 0 bridgehead atoms. The van der Waals surface area contributed by atoms with E-state index in [1.54, 1.807) is 37.3 Å². The molecule has 0 saturated carbocycles. The van der Waals surface area contributed by atoms with Gasteiger partial charge in [0, 0.05) is 42.3 Å². The lowest BCUT2D eigenvalue weighted by atomic mass is 9.97. The van der Waals surface area contributed by atoms with E-state index in [0.717, 1.165) is 11.6 Å². The number of esters is 1. The number of aromatic nitrogens is 1. The van der Waals surface area contributed by atoms with Crippen molar-refractivity contribution in [1.29, 1.82) is 0 Å². The molecule has 0 radical (unpaired) electrons. The van der Waals surface area contributed by atoms with Gasteiger partial charge in [-0.15, -0.1) is 0 Å². The summed E-state index contributed by atoms with van der Waals surface area (Å²) in [4.78, 5) is 53.9. The third-order valence-corrected chi connectivity index (χ3v) is 7.14. The molecule has 1 aliphatic rings. The fourth-order valence-electron chi connectivity index (χ4n) is 4.98. The fraction of sp³-hybridized carbons (Fsp3) is 0.312. The Balaban J connectivity index is 1.55. The summed E-state index contributed by atoms with van der Waals surface area (Å²) in [5.41, 5.74) is -0.179. The highest BCUT2D eigenvalue weighted by Crippen LogP contribution is 2.36. The van der Waals surface area contributed by atoms with Gasteiger partial charge in [-0.05, 0) is 43.5 Å². The molecule has 2 aromatic carbocycles. The molecule has 1 aliphatic heterocycles. The van der Waals surface area contributed by atoms with Crippen LogP contribution in [0.5, 0.6) is 0 Å². The maximum absolute atomic E-state index is 13.6. The molecule has 44 heavy (non-hydrogen) atoms. The molecule has 0 unspecified atom stereocenters. The van der Waals surface area contributed by atoms with E-state index in [9.17, 15) is 32.3 Å². The van der Waals surface area contributed by atoms with Crippen LogP contribution in [-0.4, -0.2) is 53.9 Å². The highest BCUT2D eigenvalue weighted by molar-refractivity contribution is 5.97. The summed E-state index contributed by atoms with van der Waals surface area (Å²) in [5.74, 6) is -2.42. The molecule has 1 aromatic heterocycles. The highest BCUT2D eigenvalue weighted by atomic mass is 19.4. The van der Waals surface area contributed by atoms with Gasteiger partial charge in [0.05, 0.1) is 12.2 Å². The number of carbonyl (C=O) groups excluding carboxylic acids is 4. The van der Waals surface area contributed by atoms with Gasteiger partial charge in [-0.2, -0.15) is 13.2 Å². The largest absolute Gasteiger partial charge is 0.463 e. The Kier molecular flexibility index (Phi) is 10.6. The van der Waals surface area contributed by atoms with Gasteiger partial charge >= 0.3 is 12.1 Å². The van der Waals surface area contributed by atoms with Crippen molar-refractivity contribution < 1.29 is 37.1 Å². The SMILES string of the molecule is CCOC(=O)/C=C/[C@H](C[C@@H]1CCNC1=O)NC(=O)[C@H](Cc1ccccc1)NC(=O)c1ccc(-c2ccccc2C(F)(F)F)[nH]1. The van der Waals surface area contributed by atoms with Gasteiger partial charge in [0.2, 0.25) is 11.8 Å². The second-order valence-corrected chi connectivity index (χ2v) is 10.3. The molecule has 2 heterocycles. The van der Waals surface area contributed by atoms with Gasteiger partial charge in [-0.3, -0.25) is 14.4 Å². The summed E-state index contributed by atoms with van der Waals surface area (Å²) in [6.45, 7) is 2.33. The van der Waals surface area contributed by atoms with Gasteiger partial charge in [0.25, 0.3) is 5.91 Å². The number of halogens is 3. The topological polar surface area (TPSA) is 129 Å². The molecule has 4 N–H and O–H groups in total. The van der Waals surface area contributed by atoms with Crippen LogP contribution in [0.1, 0.15) is 41.4 Å². The summed E-state index contributed by atoms with van der Waals surface area (Å²) in [5, 5.41) is 8.26. The average Bonchev–Trinajstić information content (AvgIpc) is 3.65. The maximum Gasteiger partial charge on any atom is 0.417 e. The van der Waals surface area contributed by atoms with Gasteiger partial charge < -0.3 is 25.7 Å². The highest BCUT2D eigenvalue weighted by Gasteiger charge is 2.34. The Hall–Kier alpha value is -4.87. The van der Waals surface area contributed by atoms with Crippen LogP contribution in [0.2, 0.25) is 0 Å². The molecule has 1 saturated heterocycles. The van der Waals surface area contributed by atoms with E-state index >= 15 is 0 Å². The average molecular weight is 611 g/mol. The number of nitrogens with one attached hydrogen (secondary N) is 4. The number of hydrogen-bond donors (Lipinski definition) is 4. The lowest BCUT2D eigenvalue weighted by molar-refractivity contribution is -0.138. The molecule has 4 rings (SSSR count). The molecule has 9 nitrogen and oxygen atoms in total. The second kappa shape index (κ2) is 14.5. The minimum absolute atomic E-state index is 0.0378. The van der Waals surface area contributed by atoms with E-state index < -0.39 is 41.6 Å². The summed E-state index contributed by atoms with van der Waals surface area (Å²) in [6.07, 6.45) is -1.07. The van der Waals surface area contributed by atoms with E-state index in [-0.39, 0.29) is 48.2 Å². The van der Waals surface area contributed by atoms with Crippen LogP contribution in [0.25, 0.3) is 11.3 Å². The minimum atomic E-state index is -4.60. The minimum Gasteiger partial charge on any atom is -0.463 e. The third-order valence-electron chi connectivity index (χ3n) is 7.14. The van der Waals surface area contributed by atoms with E-state index in [2.05, 4.69) is 20.9 Å².